The number of anilines is 5. The van der Waals surface area contributed by atoms with Crippen LogP contribution in [0.4, 0.5) is 38.0 Å². The number of hydrogen-bond acceptors (Lipinski definition) is 6. The van der Waals surface area contributed by atoms with Crippen LogP contribution in [0.5, 0.6) is 0 Å². The van der Waals surface area contributed by atoms with Gasteiger partial charge in [-0.05, 0) is 7.05 Å². The van der Waals surface area contributed by atoms with Crippen LogP contribution in [0, 0.1) is 13.8 Å². The number of rotatable bonds is 6. The fourth-order valence-electron chi connectivity index (χ4n) is 5.22. The van der Waals surface area contributed by atoms with Gasteiger partial charge in [0, 0.05) is 13.1 Å². The molecular formula is C28H33BFN7O. The molecule has 2 aliphatic rings. The third-order valence-electron chi connectivity index (χ3n) is 7.33. The first-order valence-electron chi connectivity index (χ1n) is 13.0. The number of carbonyl (C=O) groups is 1. The fraction of sp³-hybridized carbons (Fsp3) is 0.357. The van der Waals surface area contributed by atoms with Crippen LogP contribution in [0.1, 0.15) is 29.2 Å². The molecule has 2 aliphatic heterocycles. The molecule has 0 radical (unpaired) electrons. The van der Waals surface area contributed by atoms with Gasteiger partial charge in [0.1, 0.15) is 0 Å². The molecule has 196 valence electrons. The number of halogens is 1. The monoisotopic (exact) mass is 513 g/mol. The first-order chi connectivity index (χ1) is 18.3. The average Bonchev–Trinajstić information content (AvgIpc) is 2.90. The number of piperazine rings is 1. The summed E-state index contributed by atoms with van der Waals surface area (Å²) in [5, 5.41) is 3.30. The van der Waals surface area contributed by atoms with Crippen LogP contribution in [0.25, 0.3) is 0 Å². The van der Waals surface area contributed by atoms with Crippen LogP contribution in [-0.4, -0.2) is 73.7 Å². The van der Waals surface area contributed by atoms with Crippen LogP contribution in [0.3, 0.4) is 0 Å². The summed E-state index contributed by atoms with van der Waals surface area (Å²) >= 11 is 0. The van der Waals surface area contributed by atoms with Gasteiger partial charge in [0.15, 0.2) is 0 Å². The molecule has 8 nitrogen and oxygen atoms in total. The van der Waals surface area contributed by atoms with Crippen molar-refractivity contribution < 1.29 is 9.18 Å². The van der Waals surface area contributed by atoms with E-state index < -0.39 is 6.67 Å². The zero-order valence-corrected chi connectivity index (χ0v) is 22.5. The van der Waals surface area contributed by atoms with Gasteiger partial charge in [-0.15, -0.1) is 0 Å². The van der Waals surface area contributed by atoms with Crippen molar-refractivity contribution in [1.82, 2.24) is 14.9 Å². The number of likely N-dealkylation sites (N-methyl/N-ethyl adjacent to an activating group) is 1. The number of benzene rings is 2. The number of aryl methyl sites for hydroxylation is 2. The standard InChI is InChI=1S/C28H33BFN7O/c1-5-36-26-22(25(29)37(28(36)38)24-18(2)7-6-8-20(24)16-30)17-31-27(33-26)32-21-9-10-23(19(3)15-21)35-13-11-34(4)12-14-35/h6-10,15,17,29H,5,11-14,16H2,1-4H3,(H,31,32,33). The average molecular weight is 513 g/mol. The summed E-state index contributed by atoms with van der Waals surface area (Å²) in [6.45, 7) is 9.69. The van der Waals surface area contributed by atoms with E-state index in [4.69, 9.17) is 4.98 Å². The maximum absolute atomic E-state index is 13.9. The molecule has 0 atom stereocenters. The molecule has 3 aromatic rings. The molecule has 0 saturated carbocycles. The van der Waals surface area contributed by atoms with Crippen molar-refractivity contribution in [3.8, 4) is 0 Å². The molecule has 0 aliphatic carbocycles. The number of amides is 2. The molecule has 1 aromatic heterocycles. The minimum atomic E-state index is -0.681. The molecule has 0 bridgehead atoms. The second-order valence-electron chi connectivity index (χ2n) is 9.87. The van der Waals surface area contributed by atoms with Crippen LogP contribution in [0.15, 0.2) is 42.6 Å². The SMILES string of the molecule is B=C1c2cnc(Nc3ccc(N4CCN(C)CC4)c(C)c3)nc2N(CC)C(=O)N1c1c(C)cccc1CF. The third kappa shape index (κ3) is 4.64. The van der Waals surface area contributed by atoms with Crippen molar-refractivity contribution >= 4 is 47.9 Å². The molecule has 5 rings (SSSR count). The van der Waals surface area contributed by atoms with Crippen molar-refractivity contribution in [2.24, 2.45) is 0 Å². The molecular weight excluding hydrogens is 480 g/mol. The van der Waals surface area contributed by atoms with Gasteiger partial charge in [-0.25, -0.2) is 0 Å². The first-order valence-corrected chi connectivity index (χ1v) is 13.0. The van der Waals surface area contributed by atoms with Crippen molar-refractivity contribution in [2.75, 3.05) is 59.8 Å². The first kappa shape index (κ1) is 25.8. The van der Waals surface area contributed by atoms with Crippen molar-refractivity contribution in [3.63, 3.8) is 0 Å². The number of para-hydroxylation sites is 1. The number of carbonyl (C=O) groups excluding carboxylic acids is 1. The summed E-state index contributed by atoms with van der Waals surface area (Å²) in [4.78, 5) is 30.7. The number of alkyl halides is 1. The van der Waals surface area contributed by atoms with Gasteiger partial charge >= 0.3 is 199 Å². The third-order valence-corrected chi connectivity index (χ3v) is 7.33. The van der Waals surface area contributed by atoms with E-state index in [2.05, 4.69) is 53.7 Å². The summed E-state index contributed by atoms with van der Waals surface area (Å²) < 4.78 is 13.9. The molecule has 0 unspecified atom stereocenters. The van der Waals surface area contributed by atoms with Gasteiger partial charge in [0.25, 0.3) is 0 Å². The van der Waals surface area contributed by atoms with Crippen molar-refractivity contribution in [1.29, 1.82) is 0 Å². The second kappa shape index (κ2) is 10.5. The van der Waals surface area contributed by atoms with Crippen LogP contribution in [-0.2, 0) is 6.67 Å². The molecule has 2 aromatic carbocycles. The summed E-state index contributed by atoms with van der Waals surface area (Å²) in [6, 6.07) is 11.3. The molecule has 10 heteroatoms. The van der Waals surface area contributed by atoms with Crippen LogP contribution in [0.2, 0.25) is 0 Å². The minimum absolute atomic E-state index is 0.314. The van der Waals surface area contributed by atoms with E-state index in [0.717, 1.165) is 37.4 Å². The van der Waals surface area contributed by atoms with Gasteiger partial charge in [0.05, 0.1) is 0 Å². The predicted octanol–water partition coefficient (Wildman–Crippen LogP) is 3.90. The Kier molecular flexibility index (Phi) is 7.16. The topological polar surface area (TPSA) is 67.8 Å². The van der Waals surface area contributed by atoms with Gasteiger partial charge in [-0.1, -0.05) is 0 Å². The molecule has 38 heavy (non-hydrogen) atoms. The number of aromatic nitrogens is 2. The Bertz CT molecular complexity index is 1390. The van der Waals surface area contributed by atoms with E-state index in [1.807, 2.05) is 26.0 Å². The Balaban J connectivity index is 1.43. The van der Waals surface area contributed by atoms with E-state index in [1.54, 1.807) is 23.2 Å². The van der Waals surface area contributed by atoms with Crippen molar-refractivity contribution in [2.45, 2.75) is 27.4 Å². The summed E-state index contributed by atoms with van der Waals surface area (Å²) in [7, 11) is 6.33. The molecule has 1 N–H and O–H groups in total. The Labute approximate surface area is 224 Å². The van der Waals surface area contributed by atoms with Gasteiger partial charge in [-0.2, -0.15) is 0 Å². The zero-order valence-electron chi connectivity index (χ0n) is 22.5. The van der Waals surface area contributed by atoms with Crippen LogP contribution >= 0.6 is 0 Å². The van der Waals surface area contributed by atoms with Crippen molar-refractivity contribution in [3.05, 3.63) is 64.8 Å². The van der Waals surface area contributed by atoms with E-state index >= 15 is 0 Å². The van der Waals surface area contributed by atoms with Gasteiger partial charge in [-0.3, -0.25) is 0 Å². The summed E-state index contributed by atoms with van der Waals surface area (Å²) in [5.74, 6) is 0.876. The Morgan fingerprint density at radius 2 is 1.84 bits per heavy atom. The van der Waals surface area contributed by atoms with E-state index in [1.165, 1.54) is 16.2 Å². The predicted molar refractivity (Wildman–Crippen MR) is 154 cm³/mol. The quantitative estimate of drug-likeness (QED) is 0.505. The number of nitrogens with zero attached hydrogens (tertiary/aromatic N) is 6. The second-order valence-corrected chi connectivity index (χ2v) is 9.87. The molecule has 3 heterocycles. The molecule has 1 saturated heterocycles. The van der Waals surface area contributed by atoms with E-state index in [-0.39, 0.29) is 6.03 Å². The summed E-state index contributed by atoms with van der Waals surface area (Å²) in [5.41, 5.74) is 6.10. The normalized spacial score (nSPS) is 16.2. The molecule has 0 spiro atoms. The van der Waals surface area contributed by atoms with E-state index in [0.29, 0.717) is 40.7 Å². The molecule has 1 fully saturated rings. The van der Waals surface area contributed by atoms with E-state index in [9.17, 15) is 9.18 Å². The number of fused-ring (bicyclic) bond motifs is 1. The zero-order chi connectivity index (χ0) is 27.0. The summed E-state index contributed by atoms with van der Waals surface area (Å²) in [6.07, 6.45) is 1.67. The number of urea groups is 1. The van der Waals surface area contributed by atoms with Gasteiger partial charge in [0.2, 0.25) is 0 Å². The Morgan fingerprint density at radius 3 is 2.53 bits per heavy atom. The van der Waals surface area contributed by atoms with Crippen LogP contribution < -0.4 is 20.0 Å². The maximum atomic E-state index is 13.9. The van der Waals surface area contributed by atoms with Gasteiger partial charge < -0.3 is 4.90 Å². The fourth-order valence-corrected chi connectivity index (χ4v) is 5.22. The Morgan fingerprint density at radius 1 is 1.08 bits per heavy atom. The number of nitrogens with one attached hydrogen (secondary N) is 1. The Hall–Kier alpha value is -3.79. The molecule has 2 amide bonds. The number of hydrogen-bond donors (Lipinski definition) is 1.